The van der Waals surface area contributed by atoms with E-state index >= 15 is 0 Å². The minimum atomic E-state index is -2.88. The lowest BCUT2D eigenvalue weighted by Crippen LogP contribution is -2.37. The third-order valence-corrected chi connectivity index (χ3v) is 4.28. The molecule has 17 heavy (non-hydrogen) atoms. The lowest BCUT2D eigenvalue weighted by atomic mass is 10.1. The van der Waals surface area contributed by atoms with Crippen LogP contribution < -0.4 is 11.3 Å². The van der Waals surface area contributed by atoms with E-state index in [0.29, 0.717) is 6.42 Å². The molecule has 0 amide bonds. The third kappa shape index (κ3) is 6.11. The molecule has 0 aliphatic carbocycles. The summed E-state index contributed by atoms with van der Waals surface area (Å²) in [4.78, 5) is 4.36. The highest BCUT2D eigenvalue weighted by molar-refractivity contribution is 7.90. The molecular weight excluding hydrogens is 258 g/mol. The zero-order valence-electron chi connectivity index (χ0n) is 10.1. The quantitative estimate of drug-likeness (QED) is 0.564. The summed E-state index contributed by atoms with van der Waals surface area (Å²) in [5, 5.41) is 3.04. The van der Waals surface area contributed by atoms with E-state index in [1.54, 1.807) is 11.3 Å². The molecule has 5 nitrogen and oxygen atoms in total. The number of hydrazine groups is 1. The molecule has 1 aromatic heterocycles. The van der Waals surface area contributed by atoms with Gasteiger partial charge in [-0.25, -0.2) is 13.4 Å². The van der Waals surface area contributed by atoms with Gasteiger partial charge >= 0.3 is 0 Å². The first-order valence-electron chi connectivity index (χ1n) is 5.45. The van der Waals surface area contributed by atoms with Gasteiger partial charge in [-0.2, -0.15) is 0 Å². The smallest absolute Gasteiger partial charge is 0.147 e. The van der Waals surface area contributed by atoms with E-state index in [1.165, 1.54) is 6.26 Å². The van der Waals surface area contributed by atoms with Crippen LogP contribution in [0.3, 0.4) is 0 Å². The van der Waals surface area contributed by atoms with Crippen LogP contribution in [0.4, 0.5) is 0 Å². The highest BCUT2D eigenvalue weighted by atomic mass is 32.2. The Balaban J connectivity index is 2.39. The van der Waals surface area contributed by atoms with E-state index in [-0.39, 0.29) is 11.8 Å². The lowest BCUT2D eigenvalue weighted by molar-refractivity contribution is 0.481. The van der Waals surface area contributed by atoms with Crippen molar-refractivity contribution in [3.63, 3.8) is 0 Å². The van der Waals surface area contributed by atoms with Crippen LogP contribution in [0.5, 0.6) is 0 Å². The molecule has 3 N–H and O–H groups in total. The molecule has 0 saturated heterocycles. The van der Waals surface area contributed by atoms with Crippen molar-refractivity contribution >= 4 is 21.2 Å². The van der Waals surface area contributed by atoms with Gasteiger partial charge in [0.15, 0.2) is 0 Å². The van der Waals surface area contributed by atoms with Crippen molar-refractivity contribution < 1.29 is 8.42 Å². The van der Waals surface area contributed by atoms with Crippen molar-refractivity contribution in [1.82, 2.24) is 10.4 Å². The Hall–Kier alpha value is -0.500. The first-order chi connectivity index (χ1) is 7.90. The van der Waals surface area contributed by atoms with Crippen LogP contribution in [0.2, 0.25) is 0 Å². The number of aromatic nitrogens is 1. The summed E-state index contributed by atoms with van der Waals surface area (Å²) in [6.07, 6.45) is 3.35. The number of hydrogen-bond donors (Lipinski definition) is 2. The Morgan fingerprint density at radius 2 is 2.29 bits per heavy atom. The van der Waals surface area contributed by atoms with Crippen LogP contribution in [0, 0.1) is 6.92 Å². The predicted molar refractivity (Wildman–Crippen MR) is 70.6 cm³/mol. The molecule has 1 rings (SSSR count). The highest BCUT2D eigenvalue weighted by Crippen LogP contribution is 2.12. The van der Waals surface area contributed by atoms with Gasteiger partial charge in [0.2, 0.25) is 0 Å². The van der Waals surface area contributed by atoms with E-state index < -0.39 is 9.84 Å². The summed E-state index contributed by atoms with van der Waals surface area (Å²) >= 11 is 1.61. The summed E-state index contributed by atoms with van der Waals surface area (Å²) in [5.74, 6) is 5.66. The molecule has 1 unspecified atom stereocenters. The second-order valence-corrected chi connectivity index (χ2v) is 7.52. The average Bonchev–Trinajstić information content (AvgIpc) is 2.60. The van der Waals surface area contributed by atoms with Gasteiger partial charge < -0.3 is 0 Å². The molecule has 0 radical (unpaired) electrons. The Morgan fingerprint density at radius 1 is 1.59 bits per heavy atom. The average molecular weight is 277 g/mol. The van der Waals surface area contributed by atoms with Crippen molar-refractivity contribution in [3.05, 3.63) is 16.1 Å². The normalized spacial score (nSPS) is 13.8. The van der Waals surface area contributed by atoms with E-state index in [1.807, 2.05) is 12.3 Å². The van der Waals surface area contributed by atoms with Crippen molar-refractivity contribution in [2.45, 2.75) is 32.2 Å². The largest absolute Gasteiger partial charge is 0.271 e. The first kappa shape index (κ1) is 14.6. The lowest BCUT2D eigenvalue weighted by Gasteiger charge is -2.13. The summed E-state index contributed by atoms with van der Waals surface area (Å²) in [6.45, 7) is 1.96. The second-order valence-electron chi connectivity index (χ2n) is 4.20. The summed E-state index contributed by atoms with van der Waals surface area (Å²) in [6, 6.07) is 0.0817. The van der Waals surface area contributed by atoms with Crippen LogP contribution >= 0.6 is 11.3 Å². The third-order valence-electron chi connectivity index (χ3n) is 2.43. The molecule has 1 atom stereocenters. The Bertz CT molecular complexity index is 442. The fourth-order valence-electron chi connectivity index (χ4n) is 1.59. The predicted octanol–water partition coefficient (Wildman–Crippen LogP) is 0.651. The molecule has 1 heterocycles. The molecule has 0 aliphatic heterocycles. The molecule has 0 saturated carbocycles. The molecule has 0 bridgehead atoms. The van der Waals surface area contributed by atoms with Gasteiger partial charge in [-0.1, -0.05) is 0 Å². The van der Waals surface area contributed by atoms with Gasteiger partial charge in [-0.15, -0.1) is 11.3 Å². The van der Waals surface area contributed by atoms with Crippen LogP contribution in [-0.2, 0) is 16.3 Å². The van der Waals surface area contributed by atoms with Crippen molar-refractivity contribution in [3.8, 4) is 0 Å². The van der Waals surface area contributed by atoms with Crippen LogP contribution in [0.1, 0.15) is 23.5 Å². The van der Waals surface area contributed by atoms with Crippen molar-refractivity contribution in [2.24, 2.45) is 5.84 Å². The monoisotopic (exact) mass is 277 g/mol. The highest BCUT2D eigenvalue weighted by Gasteiger charge is 2.11. The van der Waals surface area contributed by atoms with Gasteiger partial charge in [-0.05, 0) is 19.8 Å². The number of hydrogen-bond acceptors (Lipinski definition) is 6. The Morgan fingerprint density at radius 3 is 2.76 bits per heavy atom. The minimum absolute atomic E-state index is 0.0817. The van der Waals surface area contributed by atoms with E-state index in [9.17, 15) is 8.42 Å². The zero-order chi connectivity index (χ0) is 12.9. The molecule has 1 aromatic rings. The number of nitrogens with two attached hydrogens (primary N) is 1. The molecule has 0 spiro atoms. The first-order valence-corrected chi connectivity index (χ1v) is 8.39. The van der Waals surface area contributed by atoms with Crippen LogP contribution in [-0.4, -0.2) is 31.5 Å². The van der Waals surface area contributed by atoms with E-state index in [4.69, 9.17) is 5.84 Å². The molecule has 0 fully saturated rings. The number of thiazole rings is 1. The molecule has 0 aliphatic rings. The number of rotatable bonds is 7. The van der Waals surface area contributed by atoms with Gasteiger partial charge in [0.25, 0.3) is 0 Å². The van der Waals surface area contributed by atoms with Gasteiger partial charge in [0, 0.05) is 29.9 Å². The van der Waals surface area contributed by atoms with Crippen molar-refractivity contribution in [1.29, 1.82) is 0 Å². The standard InChI is InChI=1S/C10H19N3O2S2/c1-8-12-10(7-16-8)6-9(13-11)4-3-5-17(2,14)15/h7,9,13H,3-6,11H2,1-2H3. The maximum Gasteiger partial charge on any atom is 0.147 e. The molecular formula is C10H19N3O2S2. The number of nitrogens with zero attached hydrogens (tertiary/aromatic N) is 1. The minimum Gasteiger partial charge on any atom is -0.271 e. The summed E-state index contributed by atoms with van der Waals surface area (Å²) in [7, 11) is -2.88. The second kappa shape index (κ2) is 6.44. The summed E-state index contributed by atoms with van der Waals surface area (Å²) in [5.41, 5.74) is 3.72. The molecule has 7 heteroatoms. The van der Waals surface area contributed by atoms with Gasteiger partial charge in [0.1, 0.15) is 9.84 Å². The van der Waals surface area contributed by atoms with Crippen LogP contribution in [0.25, 0.3) is 0 Å². The zero-order valence-corrected chi connectivity index (χ0v) is 11.8. The van der Waals surface area contributed by atoms with E-state index in [0.717, 1.165) is 23.5 Å². The number of aryl methyl sites for hydroxylation is 1. The fourth-order valence-corrected chi connectivity index (χ4v) is 2.91. The van der Waals surface area contributed by atoms with Crippen LogP contribution in [0.15, 0.2) is 5.38 Å². The maximum absolute atomic E-state index is 11.0. The molecule has 98 valence electrons. The van der Waals surface area contributed by atoms with Crippen molar-refractivity contribution in [2.75, 3.05) is 12.0 Å². The maximum atomic E-state index is 11.0. The number of sulfone groups is 1. The van der Waals surface area contributed by atoms with Gasteiger partial charge in [-0.3, -0.25) is 11.3 Å². The summed E-state index contributed by atoms with van der Waals surface area (Å²) < 4.78 is 22.0. The SMILES string of the molecule is Cc1nc(CC(CCCS(C)(=O)=O)NN)cs1. The topological polar surface area (TPSA) is 85.1 Å². The van der Waals surface area contributed by atoms with E-state index in [2.05, 4.69) is 10.4 Å². The number of nitrogens with one attached hydrogen (secondary N) is 1. The fraction of sp³-hybridized carbons (Fsp3) is 0.700. The Labute approximate surface area is 106 Å². The van der Waals surface area contributed by atoms with Gasteiger partial charge in [0.05, 0.1) is 10.7 Å². The Kier molecular flexibility index (Phi) is 5.51. The molecule has 0 aromatic carbocycles.